The van der Waals surface area contributed by atoms with Gasteiger partial charge in [-0.1, -0.05) is 13.0 Å². The van der Waals surface area contributed by atoms with E-state index in [-0.39, 0.29) is 12.3 Å². The van der Waals surface area contributed by atoms with Crippen molar-refractivity contribution >= 4 is 17.8 Å². The molecule has 0 bridgehead atoms. The minimum atomic E-state index is -0.885. The number of amides is 4. The highest BCUT2D eigenvalue weighted by molar-refractivity contribution is 6.08. The Labute approximate surface area is 176 Å². The molecule has 0 unspecified atom stereocenters. The molecule has 9 nitrogen and oxygen atoms in total. The van der Waals surface area contributed by atoms with Crippen LogP contribution in [0.1, 0.15) is 44.6 Å². The number of hydrogen-bond acceptors (Lipinski definition) is 6. The fourth-order valence-corrected chi connectivity index (χ4v) is 4.10. The Kier molecular flexibility index (Phi) is 6.38. The molecule has 0 radical (unpaired) electrons. The normalized spacial score (nSPS) is 23.3. The monoisotopic (exact) mass is 419 g/mol. The van der Waals surface area contributed by atoms with Gasteiger partial charge in [0.2, 0.25) is 11.7 Å². The largest absolute Gasteiger partial charge is 0.493 e. The number of imide groups is 1. The summed E-state index contributed by atoms with van der Waals surface area (Å²) in [7, 11) is 4.55. The summed E-state index contributed by atoms with van der Waals surface area (Å²) in [6.07, 6.45) is 3.32. The van der Waals surface area contributed by atoms with Crippen LogP contribution >= 0.6 is 0 Å². The van der Waals surface area contributed by atoms with Crippen LogP contribution in [-0.4, -0.2) is 49.7 Å². The number of hydrogen-bond donors (Lipinski definition) is 2. The van der Waals surface area contributed by atoms with Gasteiger partial charge >= 0.3 is 6.03 Å². The lowest BCUT2D eigenvalue weighted by molar-refractivity contribution is -0.140. The third-order valence-electron chi connectivity index (χ3n) is 5.93. The van der Waals surface area contributed by atoms with Gasteiger partial charge in [0.15, 0.2) is 11.5 Å². The Morgan fingerprint density at radius 3 is 2.40 bits per heavy atom. The standard InChI is InChI=1S/C21H29N3O6/c1-13-9-11-21(12-10-13)19(26)24(20(27)22-21)23-16(25)8-6-14-5-7-15(28-2)18(30-4)17(14)29-3/h5,7,13H,6,8-12H2,1-4H3,(H,22,27)(H,23,25). The minimum Gasteiger partial charge on any atom is -0.493 e. The molecule has 9 heteroatoms. The summed E-state index contributed by atoms with van der Waals surface area (Å²) in [4.78, 5) is 37.7. The first-order valence-corrected chi connectivity index (χ1v) is 10.1. The lowest BCUT2D eigenvalue weighted by Crippen LogP contribution is -2.51. The quantitative estimate of drug-likeness (QED) is 0.656. The Morgan fingerprint density at radius 2 is 1.80 bits per heavy atom. The van der Waals surface area contributed by atoms with E-state index in [0.717, 1.165) is 23.4 Å². The molecule has 30 heavy (non-hydrogen) atoms. The number of urea groups is 1. The van der Waals surface area contributed by atoms with Gasteiger partial charge in [-0.3, -0.25) is 15.0 Å². The van der Waals surface area contributed by atoms with Crippen LogP contribution in [0.4, 0.5) is 4.79 Å². The molecule has 1 aromatic carbocycles. The second-order valence-electron chi connectivity index (χ2n) is 7.86. The first-order chi connectivity index (χ1) is 14.3. The Morgan fingerprint density at radius 1 is 1.13 bits per heavy atom. The van der Waals surface area contributed by atoms with Crippen molar-refractivity contribution in [2.24, 2.45) is 5.92 Å². The molecule has 1 aromatic rings. The maximum atomic E-state index is 12.8. The van der Waals surface area contributed by atoms with E-state index in [2.05, 4.69) is 17.7 Å². The molecule has 164 valence electrons. The molecule has 3 rings (SSSR count). The highest BCUT2D eigenvalue weighted by Crippen LogP contribution is 2.40. The number of aryl methyl sites for hydroxylation is 1. The van der Waals surface area contributed by atoms with E-state index >= 15 is 0 Å². The van der Waals surface area contributed by atoms with E-state index in [1.807, 2.05) is 0 Å². The number of ether oxygens (including phenoxy) is 3. The zero-order valence-corrected chi connectivity index (χ0v) is 17.9. The average molecular weight is 419 g/mol. The number of benzene rings is 1. The molecule has 0 atom stereocenters. The number of nitrogens with zero attached hydrogens (tertiary/aromatic N) is 1. The highest BCUT2D eigenvalue weighted by Gasteiger charge is 2.52. The summed E-state index contributed by atoms with van der Waals surface area (Å²) in [5.41, 5.74) is 2.32. The van der Waals surface area contributed by atoms with Gasteiger partial charge in [0, 0.05) is 6.42 Å². The van der Waals surface area contributed by atoms with E-state index in [0.29, 0.717) is 42.4 Å². The van der Waals surface area contributed by atoms with Gasteiger partial charge in [-0.15, -0.1) is 0 Å². The third-order valence-corrected chi connectivity index (χ3v) is 5.93. The van der Waals surface area contributed by atoms with Crippen LogP contribution in [0, 0.1) is 5.92 Å². The fraction of sp³-hybridized carbons (Fsp3) is 0.571. The van der Waals surface area contributed by atoms with E-state index in [4.69, 9.17) is 14.2 Å². The molecule has 1 saturated heterocycles. The zero-order chi connectivity index (χ0) is 21.9. The molecule has 1 spiro atoms. The van der Waals surface area contributed by atoms with Crippen molar-refractivity contribution in [2.45, 2.75) is 51.0 Å². The van der Waals surface area contributed by atoms with Crippen molar-refractivity contribution in [3.05, 3.63) is 17.7 Å². The first-order valence-electron chi connectivity index (χ1n) is 10.1. The molecule has 2 N–H and O–H groups in total. The highest BCUT2D eigenvalue weighted by atomic mass is 16.5. The lowest BCUT2D eigenvalue weighted by Gasteiger charge is -2.33. The molecule has 2 fully saturated rings. The summed E-state index contributed by atoms with van der Waals surface area (Å²) in [5, 5.41) is 3.61. The summed E-state index contributed by atoms with van der Waals surface area (Å²) in [6, 6.07) is 2.95. The van der Waals surface area contributed by atoms with Crippen molar-refractivity contribution in [2.75, 3.05) is 21.3 Å². The molecule has 0 aromatic heterocycles. The predicted molar refractivity (Wildman–Crippen MR) is 108 cm³/mol. The van der Waals surface area contributed by atoms with Crippen LogP contribution < -0.4 is 25.0 Å². The molecule has 1 heterocycles. The Hall–Kier alpha value is -2.97. The van der Waals surface area contributed by atoms with Gasteiger partial charge in [-0.2, -0.15) is 5.01 Å². The van der Waals surface area contributed by atoms with Crippen LogP contribution in [0.15, 0.2) is 12.1 Å². The topological polar surface area (TPSA) is 106 Å². The van der Waals surface area contributed by atoms with Crippen molar-refractivity contribution in [1.29, 1.82) is 0 Å². The van der Waals surface area contributed by atoms with Crippen molar-refractivity contribution in [1.82, 2.24) is 15.8 Å². The number of nitrogens with one attached hydrogen (secondary N) is 2. The summed E-state index contributed by atoms with van der Waals surface area (Å²) < 4.78 is 16.0. The molecule has 2 aliphatic rings. The molecular formula is C21H29N3O6. The van der Waals surface area contributed by atoms with Gasteiger partial charge in [-0.05, 0) is 49.7 Å². The molecule has 1 aliphatic heterocycles. The van der Waals surface area contributed by atoms with Crippen LogP contribution in [0.2, 0.25) is 0 Å². The minimum absolute atomic E-state index is 0.0624. The second-order valence-corrected chi connectivity index (χ2v) is 7.86. The van der Waals surface area contributed by atoms with Crippen molar-refractivity contribution in [3.8, 4) is 17.2 Å². The van der Waals surface area contributed by atoms with Crippen LogP contribution in [0.5, 0.6) is 17.2 Å². The number of hydrazine groups is 1. The van der Waals surface area contributed by atoms with Crippen molar-refractivity contribution in [3.63, 3.8) is 0 Å². The van der Waals surface area contributed by atoms with Gasteiger partial charge in [0.1, 0.15) is 5.54 Å². The smallest absolute Gasteiger partial charge is 0.344 e. The van der Waals surface area contributed by atoms with Crippen LogP contribution in [-0.2, 0) is 16.0 Å². The average Bonchev–Trinajstić information content (AvgIpc) is 2.97. The van der Waals surface area contributed by atoms with Gasteiger partial charge in [0.05, 0.1) is 21.3 Å². The molecular weight excluding hydrogens is 390 g/mol. The number of carbonyl (C=O) groups is 3. The maximum absolute atomic E-state index is 12.8. The van der Waals surface area contributed by atoms with Crippen LogP contribution in [0.3, 0.4) is 0 Å². The maximum Gasteiger partial charge on any atom is 0.344 e. The SMILES string of the molecule is COc1ccc(CCC(=O)NN2C(=O)NC3(CCC(C)CC3)C2=O)c(OC)c1OC. The van der Waals surface area contributed by atoms with Crippen molar-refractivity contribution < 1.29 is 28.6 Å². The van der Waals surface area contributed by atoms with Gasteiger partial charge in [0.25, 0.3) is 5.91 Å². The summed E-state index contributed by atoms with van der Waals surface area (Å²) in [5.74, 6) is 1.16. The lowest BCUT2D eigenvalue weighted by atomic mass is 9.77. The molecule has 4 amide bonds. The number of methoxy groups -OCH3 is 3. The van der Waals surface area contributed by atoms with Crippen LogP contribution in [0.25, 0.3) is 0 Å². The van der Waals surface area contributed by atoms with E-state index < -0.39 is 17.5 Å². The summed E-state index contributed by atoms with van der Waals surface area (Å²) in [6.45, 7) is 2.14. The van der Waals surface area contributed by atoms with Gasteiger partial charge in [-0.25, -0.2) is 4.79 Å². The third kappa shape index (κ3) is 4.01. The van der Waals surface area contributed by atoms with Gasteiger partial charge < -0.3 is 19.5 Å². The number of rotatable bonds is 7. The van der Waals surface area contributed by atoms with E-state index in [9.17, 15) is 14.4 Å². The van der Waals surface area contributed by atoms with E-state index in [1.165, 1.54) is 21.3 Å². The molecule has 1 saturated carbocycles. The first kappa shape index (κ1) is 21.7. The fourth-order valence-electron chi connectivity index (χ4n) is 4.10. The zero-order valence-electron chi connectivity index (χ0n) is 17.9. The second kappa shape index (κ2) is 8.81. The number of carbonyl (C=O) groups excluding carboxylic acids is 3. The molecule has 1 aliphatic carbocycles. The van der Waals surface area contributed by atoms with E-state index in [1.54, 1.807) is 12.1 Å². The Bertz CT molecular complexity index is 832. The summed E-state index contributed by atoms with van der Waals surface area (Å²) >= 11 is 0. The predicted octanol–water partition coefficient (Wildman–Crippen LogP) is 2.18. The Balaban J connectivity index is 1.64.